The van der Waals surface area contributed by atoms with Crippen LogP contribution in [0.5, 0.6) is 0 Å². The van der Waals surface area contributed by atoms with E-state index < -0.39 is 6.04 Å². The van der Waals surface area contributed by atoms with Crippen LogP contribution in [-0.2, 0) is 9.53 Å². The van der Waals surface area contributed by atoms with E-state index in [0.717, 1.165) is 0 Å². The predicted octanol–water partition coefficient (Wildman–Crippen LogP) is 3.44. The van der Waals surface area contributed by atoms with Crippen LogP contribution in [0.15, 0.2) is 24.3 Å². The van der Waals surface area contributed by atoms with E-state index in [0.29, 0.717) is 22.9 Å². The number of hydrogen-bond acceptors (Lipinski definition) is 4. The lowest BCUT2D eigenvalue weighted by molar-refractivity contribution is -0.147. The van der Waals surface area contributed by atoms with Gasteiger partial charge in [-0.2, -0.15) is 0 Å². The van der Waals surface area contributed by atoms with Crippen LogP contribution >= 0.6 is 23.4 Å². The Morgan fingerprint density at radius 3 is 2.55 bits per heavy atom. The minimum absolute atomic E-state index is 0.0300. The van der Waals surface area contributed by atoms with Crippen LogP contribution in [0.25, 0.3) is 0 Å². The van der Waals surface area contributed by atoms with Gasteiger partial charge in [-0.05, 0) is 37.1 Å². The van der Waals surface area contributed by atoms with Gasteiger partial charge in [0.15, 0.2) is 0 Å². The van der Waals surface area contributed by atoms with Crippen molar-refractivity contribution in [2.45, 2.75) is 32.2 Å². The van der Waals surface area contributed by atoms with E-state index in [1.807, 2.05) is 13.8 Å². The van der Waals surface area contributed by atoms with Crippen LogP contribution in [0.4, 0.5) is 0 Å². The third-order valence-corrected chi connectivity index (χ3v) is 5.36. The summed E-state index contributed by atoms with van der Waals surface area (Å²) in [4.78, 5) is 26.7. The van der Waals surface area contributed by atoms with Gasteiger partial charge in [-0.25, -0.2) is 4.79 Å². The smallest absolute Gasteiger partial charge is 0.329 e. The molecule has 0 spiro atoms. The summed E-state index contributed by atoms with van der Waals surface area (Å²) in [5, 5.41) is 0.548. The Bertz CT molecular complexity index is 547. The van der Waals surface area contributed by atoms with Gasteiger partial charge in [0.25, 0.3) is 5.91 Å². The second-order valence-electron chi connectivity index (χ2n) is 5.46. The van der Waals surface area contributed by atoms with Crippen LogP contribution in [0, 0.1) is 5.92 Å². The van der Waals surface area contributed by atoms with Crippen LogP contribution in [0.1, 0.15) is 31.1 Å². The highest BCUT2D eigenvalue weighted by Crippen LogP contribution is 2.35. The first-order chi connectivity index (χ1) is 10.5. The molecule has 6 heteroatoms. The van der Waals surface area contributed by atoms with Crippen LogP contribution in [-0.4, -0.2) is 40.6 Å². The van der Waals surface area contributed by atoms with Gasteiger partial charge >= 0.3 is 5.97 Å². The maximum Gasteiger partial charge on any atom is 0.329 e. The number of carbonyl (C=O) groups excluding carboxylic acids is 2. The molecule has 22 heavy (non-hydrogen) atoms. The zero-order valence-corrected chi connectivity index (χ0v) is 14.5. The van der Waals surface area contributed by atoms with E-state index in [1.165, 1.54) is 0 Å². The van der Waals surface area contributed by atoms with Crippen molar-refractivity contribution < 1.29 is 14.3 Å². The SMILES string of the molecule is CCOC(=O)C1CSC(C(C)C)N1C(=O)c1ccc(Cl)cc1. The highest BCUT2D eigenvalue weighted by Gasteiger charge is 2.43. The van der Waals surface area contributed by atoms with Crippen molar-refractivity contribution in [3.05, 3.63) is 34.9 Å². The van der Waals surface area contributed by atoms with E-state index in [-0.39, 0.29) is 23.2 Å². The fraction of sp³-hybridized carbons (Fsp3) is 0.500. The van der Waals surface area contributed by atoms with Crippen molar-refractivity contribution in [3.63, 3.8) is 0 Å². The van der Waals surface area contributed by atoms with Gasteiger partial charge in [0.1, 0.15) is 6.04 Å². The first-order valence-corrected chi connectivity index (χ1v) is 8.74. The molecule has 2 atom stereocenters. The fourth-order valence-electron chi connectivity index (χ4n) is 2.46. The molecule has 1 saturated heterocycles. The van der Waals surface area contributed by atoms with Gasteiger partial charge in [-0.3, -0.25) is 4.79 Å². The molecule has 1 aliphatic heterocycles. The molecule has 4 nitrogen and oxygen atoms in total. The lowest BCUT2D eigenvalue weighted by atomic mass is 10.1. The number of amides is 1. The molecule has 0 radical (unpaired) electrons. The van der Waals surface area contributed by atoms with Gasteiger partial charge in [0.05, 0.1) is 12.0 Å². The van der Waals surface area contributed by atoms with Crippen LogP contribution in [0.3, 0.4) is 0 Å². The number of hydrogen-bond donors (Lipinski definition) is 0. The number of benzene rings is 1. The largest absolute Gasteiger partial charge is 0.464 e. The molecule has 0 aromatic heterocycles. The Morgan fingerprint density at radius 1 is 1.36 bits per heavy atom. The van der Waals surface area contributed by atoms with Crippen molar-refractivity contribution in [2.75, 3.05) is 12.4 Å². The van der Waals surface area contributed by atoms with Crippen LogP contribution in [0.2, 0.25) is 5.02 Å². The number of carbonyl (C=O) groups is 2. The molecule has 120 valence electrons. The van der Waals surface area contributed by atoms with E-state index in [9.17, 15) is 9.59 Å². The number of esters is 1. The maximum absolute atomic E-state index is 12.9. The third-order valence-electron chi connectivity index (χ3n) is 3.49. The van der Waals surface area contributed by atoms with Crippen molar-refractivity contribution in [1.29, 1.82) is 0 Å². The van der Waals surface area contributed by atoms with Gasteiger partial charge < -0.3 is 9.64 Å². The number of halogens is 1. The topological polar surface area (TPSA) is 46.6 Å². The summed E-state index contributed by atoms with van der Waals surface area (Å²) in [5.41, 5.74) is 0.534. The maximum atomic E-state index is 12.9. The molecule has 0 N–H and O–H groups in total. The third kappa shape index (κ3) is 3.58. The summed E-state index contributed by atoms with van der Waals surface area (Å²) in [7, 11) is 0. The van der Waals surface area contributed by atoms with E-state index in [4.69, 9.17) is 16.3 Å². The standard InChI is InChI=1S/C16H20ClNO3S/c1-4-21-16(20)13-9-22-15(10(2)3)18(13)14(19)11-5-7-12(17)8-6-11/h5-8,10,13,15H,4,9H2,1-3H3. The lowest BCUT2D eigenvalue weighted by Gasteiger charge is -2.30. The summed E-state index contributed by atoms with van der Waals surface area (Å²) >= 11 is 7.50. The molecule has 1 aromatic rings. The predicted molar refractivity (Wildman–Crippen MR) is 89.1 cm³/mol. The highest BCUT2D eigenvalue weighted by molar-refractivity contribution is 8.00. The minimum atomic E-state index is -0.527. The van der Waals surface area contributed by atoms with Gasteiger partial charge in [0.2, 0.25) is 0 Å². The summed E-state index contributed by atoms with van der Waals surface area (Å²) < 4.78 is 5.12. The average molecular weight is 342 g/mol. The summed E-state index contributed by atoms with van der Waals surface area (Å²) in [5.74, 6) is 0.334. The fourth-order valence-corrected chi connectivity index (χ4v) is 4.05. The molecule has 2 unspecified atom stereocenters. The Labute approximate surface area is 140 Å². The Balaban J connectivity index is 2.29. The van der Waals surface area contributed by atoms with Crippen molar-refractivity contribution in [1.82, 2.24) is 4.90 Å². The molecule has 0 saturated carbocycles. The van der Waals surface area contributed by atoms with Gasteiger partial charge in [0, 0.05) is 16.3 Å². The average Bonchev–Trinajstić information content (AvgIpc) is 2.92. The molecule has 1 heterocycles. The van der Waals surface area contributed by atoms with E-state index in [1.54, 1.807) is 47.9 Å². The summed E-state index contributed by atoms with van der Waals surface area (Å²) in [6.45, 7) is 6.18. The monoisotopic (exact) mass is 341 g/mol. The highest BCUT2D eigenvalue weighted by atomic mass is 35.5. The number of nitrogens with zero attached hydrogens (tertiary/aromatic N) is 1. The quantitative estimate of drug-likeness (QED) is 0.787. The zero-order chi connectivity index (χ0) is 16.3. The molecule has 1 aromatic carbocycles. The second-order valence-corrected chi connectivity index (χ2v) is 7.04. The molecule has 2 rings (SSSR count). The Hall–Kier alpha value is -1.20. The first-order valence-electron chi connectivity index (χ1n) is 7.32. The molecule has 0 bridgehead atoms. The molecule has 1 amide bonds. The number of ether oxygens (including phenoxy) is 1. The van der Waals surface area contributed by atoms with Gasteiger partial charge in [-0.15, -0.1) is 11.8 Å². The summed E-state index contributed by atoms with van der Waals surface area (Å²) in [6.07, 6.45) is 0. The normalized spacial score (nSPS) is 21.2. The Morgan fingerprint density at radius 2 is 2.00 bits per heavy atom. The zero-order valence-electron chi connectivity index (χ0n) is 12.9. The second kappa shape index (κ2) is 7.38. The first kappa shape index (κ1) is 17.2. The van der Waals surface area contributed by atoms with E-state index >= 15 is 0 Å². The lowest BCUT2D eigenvalue weighted by Crippen LogP contribution is -2.47. The minimum Gasteiger partial charge on any atom is -0.464 e. The number of rotatable bonds is 4. The van der Waals surface area contributed by atoms with Crippen LogP contribution < -0.4 is 0 Å². The molecule has 1 aliphatic rings. The Kier molecular flexibility index (Phi) is 5.75. The van der Waals surface area contributed by atoms with E-state index in [2.05, 4.69) is 0 Å². The summed E-state index contributed by atoms with van der Waals surface area (Å²) in [6, 6.07) is 6.21. The van der Waals surface area contributed by atoms with Crippen molar-refractivity contribution in [3.8, 4) is 0 Å². The number of thioether (sulfide) groups is 1. The van der Waals surface area contributed by atoms with Crippen molar-refractivity contribution in [2.24, 2.45) is 5.92 Å². The van der Waals surface area contributed by atoms with Gasteiger partial charge in [-0.1, -0.05) is 25.4 Å². The molecule has 0 aliphatic carbocycles. The molecular weight excluding hydrogens is 322 g/mol. The molecular formula is C16H20ClNO3S. The van der Waals surface area contributed by atoms with Crippen molar-refractivity contribution >= 4 is 35.2 Å². The molecule has 1 fully saturated rings.